The largest absolute Gasteiger partial charge is 0.348 e. The zero-order chi connectivity index (χ0) is 22.1. The van der Waals surface area contributed by atoms with Gasteiger partial charge in [0.25, 0.3) is 10.2 Å². The van der Waals surface area contributed by atoms with Gasteiger partial charge in [0.15, 0.2) is 0 Å². The molecule has 1 aliphatic heterocycles. The molecule has 1 saturated heterocycles. The fraction of sp³-hybridized carbons (Fsp3) is 0.435. The van der Waals surface area contributed by atoms with E-state index >= 15 is 0 Å². The average Bonchev–Trinajstić information content (AvgIpc) is 3.14. The van der Waals surface area contributed by atoms with Gasteiger partial charge in [-0.2, -0.15) is 17.0 Å². The number of carbonyl (C=O) groups excluding carboxylic acids is 1. The van der Waals surface area contributed by atoms with Gasteiger partial charge in [0, 0.05) is 41.3 Å². The minimum Gasteiger partial charge on any atom is -0.348 e. The molecule has 1 amide bonds. The maximum atomic E-state index is 13.2. The van der Waals surface area contributed by atoms with Crippen LogP contribution in [0.25, 0.3) is 11.1 Å². The van der Waals surface area contributed by atoms with Gasteiger partial charge in [0.2, 0.25) is 5.91 Å². The highest BCUT2D eigenvalue weighted by Crippen LogP contribution is 2.38. The standard InChI is InChI=1S/C23H31N3O3S/c1-18-9-11-20(12-10-18)21-8-6-7-19(15-21)16-23(22(27)24(2)3)13-14-26(17-23)30(28,29)25(4)5/h6-12,15H,13-14,16-17H2,1-5H3/t23-/m0/s1. The Kier molecular flexibility index (Phi) is 6.36. The molecule has 162 valence electrons. The molecule has 0 unspecified atom stereocenters. The van der Waals surface area contributed by atoms with Crippen molar-refractivity contribution < 1.29 is 13.2 Å². The first-order chi connectivity index (χ1) is 14.0. The first kappa shape index (κ1) is 22.5. The molecule has 1 atom stereocenters. The van der Waals surface area contributed by atoms with Crippen molar-refractivity contribution in [2.75, 3.05) is 41.3 Å². The lowest BCUT2D eigenvalue weighted by atomic mass is 9.79. The minimum absolute atomic E-state index is 0.0281. The van der Waals surface area contributed by atoms with Crippen molar-refractivity contribution in [1.29, 1.82) is 0 Å². The maximum absolute atomic E-state index is 13.2. The lowest BCUT2D eigenvalue weighted by Crippen LogP contribution is -2.46. The molecule has 0 spiro atoms. The number of aryl methyl sites for hydroxylation is 1. The molecule has 30 heavy (non-hydrogen) atoms. The average molecular weight is 430 g/mol. The number of hydrogen-bond donors (Lipinski definition) is 0. The van der Waals surface area contributed by atoms with Gasteiger partial charge in [-0.3, -0.25) is 4.79 Å². The Labute approximate surface area is 180 Å². The van der Waals surface area contributed by atoms with E-state index in [9.17, 15) is 13.2 Å². The van der Waals surface area contributed by atoms with E-state index in [0.29, 0.717) is 19.4 Å². The fourth-order valence-electron chi connectivity index (χ4n) is 4.13. The van der Waals surface area contributed by atoms with Crippen LogP contribution in [0.1, 0.15) is 17.5 Å². The van der Waals surface area contributed by atoms with Crippen LogP contribution >= 0.6 is 0 Å². The second kappa shape index (κ2) is 8.49. The minimum atomic E-state index is -3.56. The molecule has 0 saturated carbocycles. The van der Waals surface area contributed by atoms with Crippen molar-refractivity contribution in [3.63, 3.8) is 0 Å². The fourth-order valence-corrected chi connectivity index (χ4v) is 5.32. The summed E-state index contributed by atoms with van der Waals surface area (Å²) in [7, 11) is 2.95. The Hall–Kier alpha value is -2.22. The number of carbonyl (C=O) groups is 1. The topological polar surface area (TPSA) is 60.9 Å². The molecule has 2 aromatic rings. The van der Waals surface area contributed by atoms with Crippen molar-refractivity contribution in [3.05, 3.63) is 59.7 Å². The van der Waals surface area contributed by atoms with Crippen molar-refractivity contribution in [3.8, 4) is 11.1 Å². The van der Waals surface area contributed by atoms with Crippen LogP contribution < -0.4 is 0 Å². The van der Waals surface area contributed by atoms with E-state index in [1.165, 1.54) is 28.3 Å². The van der Waals surface area contributed by atoms with Gasteiger partial charge in [-0.1, -0.05) is 54.1 Å². The van der Waals surface area contributed by atoms with E-state index in [1.807, 2.05) is 12.1 Å². The molecular formula is C23H31N3O3S. The highest BCUT2D eigenvalue weighted by atomic mass is 32.2. The number of benzene rings is 2. The van der Waals surface area contributed by atoms with Gasteiger partial charge in [-0.25, -0.2) is 0 Å². The summed E-state index contributed by atoms with van der Waals surface area (Å²) in [6, 6.07) is 16.5. The Morgan fingerprint density at radius 2 is 1.70 bits per heavy atom. The van der Waals surface area contributed by atoms with E-state index < -0.39 is 15.6 Å². The van der Waals surface area contributed by atoms with Crippen LogP contribution in [0.2, 0.25) is 0 Å². The summed E-state index contributed by atoms with van der Waals surface area (Å²) < 4.78 is 28.0. The van der Waals surface area contributed by atoms with Crippen LogP contribution in [-0.4, -0.2) is 69.1 Å². The van der Waals surface area contributed by atoms with E-state index in [4.69, 9.17) is 0 Å². The quantitative estimate of drug-likeness (QED) is 0.709. The van der Waals surface area contributed by atoms with Gasteiger partial charge in [-0.15, -0.1) is 0 Å². The van der Waals surface area contributed by atoms with E-state index in [2.05, 4.69) is 43.3 Å². The second-order valence-corrected chi connectivity index (χ2v) is 10.7. The molecule has 0 bridgehead atoms. The first-order valence-electron chi connectivity index (χ1n) is 10.1. The van der Waals surface area contributed by atoms with Gasteiger partial charge in [0.05, 0.1) is 5.41 Å². The summed E-state index contributed by atoms with van der Waals surface area (Å²) in [6.45, 7) is 2.60. The van der Waals surface area contributed by atoms with Gasteiger partial charge < -0.3 is 4.90 Å². The summed E-state index contributed by atoms with van der Waals surface area (Å²) in [4.78, 5) is 14.8. The number of nitrogens with zero attached hydrogens (tertiary/aromatic N) is 3. The molecule has 2 aromatic carbocycles. The van der Waals surface area contributed by atoms with Crippen LogP contribution in [0, 0.1) is 12.3 Å². The molecule has 1 aliphatic rings. The number of amides is 1. The van der Waals surface area contributed by atoms with Crippen molar-refractivity contribution in [2.45, 2.75) is 19.8 Å². The Balaban J connectivity index is 1.93. The van der Waals surface area contributed by atoms with Crippen LogP contribution in [0.5, 0.6) is 0 Å². The Bertz CT molecular complexity index is 1020. The lowest BCUT2D eigenvalue weighted by molar-refractivity contribution is -0.138. The monoisotopic (exact) mass is 429 g/mol. The maximum Gasteiger partial charge on any atom is 0.281 e. The molecule has 7 heteroatoms. The van der Waals surface area contributed by atoms with E-state index in [1.54, 1.807) is 19.0 Å². The molecule has 3 rings (SSSR count). The molecule has 1 fully saturated rings. The summed E-state index contributed by atoms with van der Waals surface area (Å²) >= 11 is 0. The Morgan fingerprint density at radius 3 is 2.30 bits per heavy atom. The summed E-state index contributed by atoms with van der Waals surface area (Å²) in [5, 5.41) is 0. The van der Waals surface area contributed by atoms with Crippen molar-refractivity contribution in [1.82, 2.24) is 13.5 Å². The first-order valence-corrected chi connectivity index (χ1v) is 11.5. The van der Waals surface area contributed by atoms with Crippen molar-refractivity contribution in [2.24, 2.45) is 5.41 Å². The lowest BCUT2D eigenvalue weighted by Gasteiger charge is -2.31. The van der Waals surface area contributed by atoms with Crippen LogP contribution in [0.4, 0.5) is 0 Å². The zero-order valence-corrected chi connectivity index (χ0v) is 19.2. The van der Waals surface area contributed by atoms with Gasteiger partial charge in [-0.05, 0) is 36.5 Å². The zero-order valence-electron chi connectivity index (χ0n) is 18.4. The molecule has 0 aliphatic carbocycles. The van der Waals surface area contributed by atoms with E-state index in [0.717, 1.165) is 16.7 Å². The normalized spacial score (nSPS) is 19.9. The summed E-state index contributed by atoms with van der Waals surface area (Å²) in [6.07, 6.45) is 1.01. The predicted molar refractivity (Wildman–Crippen MR) is 120 cm³/mol. The number of hydrogen-bond acceptors (Lipinski definition) is 3. The molecule has 0 radical (unpaired) electrons. The summed E-state index contributed by atoms with van der Waals surface area (Å²) in [5.74, 6) is -0.0281. The SMILES string of the molecule is Cc1ccc(-c2cccc(C[C@@]3(C(=O)N(C)C)CCN(S(=O)(=O)N(C)C)C3)c2)cc1. The van der Waals surface area contributed by atoms with Crippen LogP contribution in [0.15, 0.2) is 48.5 Å². The highest BCUT2D eigenvalue weighted by molar-refractivity contribution is 7.86. The van der Waals surface area contributed by atoms with Crippen molar-refractivity contribution >= 4 is 16.1 Å². The third-order valence-corrected chi connectivity index (χ3v) is 7.71. The smallest absolute Gasteiger partial charge is 0.281 e. The third-order valence-electron chi connectivity index (χ3n) is 5.82. The highest BCUT2D eigenvalue weighted by Gasteiger charge is 2.48. The molecule has 6 nitrogen and oxygen atoms in total. The van der Waals surface area contributed by atoms with E-state index in [-0.39, 0.29) is 12.5 Å². The summed E-state index contributed by atoms with van der Waals surface area (Å²) in [5.41, 5.74) is 3.69. The molecule has 0 aromatic heterocycles. The second-order valence-electron chi connectivity index (χ2n) is 8.60. The van der Waals surface area contributed by atoms with Crippen LogP contribution in [-0.2, 0) is 21.4 Å². The molecule has 0 N–H and O–H groups in total. The molecular weight excluding hydrogens is 398 g/mol. The number of rotatable bonds is 6. The molecule has 1 heterocycles. The van der Waals surface area contributed by atoms with Gasteiger partial charge >= 0.3 is 0 Å². The van der Waals surface area contributed by atoms with Gasteiger partial charge in [0.1, 0.15) is 0 Å². The predicted octanol–water partition coefficient (Wildman–Crippen LogP) is 2.79. The third kappa shape index (κ3) is 4.43. The Morgan fingerprint density at radius 1 is 1.03 bits per heavy atom. The van der Waals surface area contributed by atoms with Crippen LogP contribution in [0.3, 0.4) is 0 Å².